The van der Waals surface area contributed by atoms with E-state index < -0.39 is 0 Å². The first kappa shape index (κ1) is 10.9. The van der Waals surface area contributed by atoms with Gasteiger partial charge in [0.1, 0.15) is 4.99 Å². The molecule has 1 heterocycles. The number of rotatable bonds is 4. The van der Waals surface area contributed by atoms with E-state index in [0.717, 1.165) is 12.0 Å². The summed E-state index contributed by atoms with van der Waals surface area (Å²) in [6, 6.07) is 3.59. The van der Waals surface area contributed by atoms with Crippen molar-refractivity contribution in [3.8, 4) is 5.88 Å². The van der Waals surface area contributed by atoms with Gasteiger partial charge in [-0.1, -0.05) is 19.1 Å². The average molecular weight is 210 g/mol. The third-order valence-corrected chi connectivity index (χ3v) is 2.15. The highest BCUT2D eigenvalue weighted by Gasteiger charge is 2.02. The van der Waals surface area contributed by atoms with Crippen molar-refractivity contribution in [2.45, 2.75) is 26.4 Å². The molecule has 14 heavy (non-hydrogen) atoms. The van der Waals surface area contributed by atoms with Crippen LogP contribution >= 0.6 is 12.2 Å². The predicted octanol–water partition coefficient (Wildman–Crippen LogP) is 1.89. The third-order valence-electron chi connectivity index (χ3n) is 1.92. The number of hydrogen-bond donors (Lipinski definition) is 1. The molecule has 76 valence electrons. The lowest BCUT2D eigenvalue weighted by Gasteiger charge is -2.11. The summed E-state index contributed by atoms with van der Waals surface area (Å²) in [5, 5.41) is 0. The lowest BCUT2D eigenvalue weighted by atomic mass is 10.3. The number of thiocarbonyl (C=S) groups is 1. The number of nitrogens with two attached hydrogens (primary N) is 1. The number of ether oxygens (including phenoxy) is 1. The Hall–Kier alpha value is -1.16. The second-order valence-electron chi connectivity index (χ2n) is 3.09. The molecule has 1 atom stereocenters. The van der Waals surface area contributed by atoms with E-state index in [2.05, 4.69) is 11.9 Å². The quantitative estimate of drug-likeness (QED) is 0.771. The van der Waals surface area contributed by atoms with Gasteiger partial charge in [0.25, 0.3) is 0 Å². The molecule has 0 spiro atoms. The van der Waals surface area contributed by atoms with E-state index >= 15 is 0 Å². The van der Waals surface area contributed by atoms with Crippen LogP contribution in [-0.2, 0) is 0 Å². The van der Waals surface area contributed by atoms with Crippen LogP contribution in [0.25, 0.3) is 0 Å². The zero-order valence-electron chi connectivity index (χ0n) is 8.36. The Morgan fingerprint density at radius 2 is 2.36 bits per heavy atom. The van der Waals surface area contributed by atoms with E-state index in [1.165, 1.54) is 0 Å². The van der Waals surface area contributed by atoms with Crippen molar-refractivity contribution in [3.63, 3.8) is 0 Å². The highest BCUT2D eigenvalue weighted by Crippen LogP contribution is 2.10. The summed E-state index contributed by atoms with van der Waals surface area (Å²) >= 11 is 4.81. The van der Waals surface area contributed by atoms with Crippen LogP contribution in [0.5, 0.6) is 5.88 Å². The molecule has 0 bridgehead atoms. The molecule has 1 unspecified atom stereocenters. The van der Waals surface area contributed by atoms with E-state index in [0.29, 0.717) is 10.9 Å². The summed E-state index contributed by atoms with van der Waals surface area (Å²) < 4.78 is 5.50. The van der Waals surface area contributed by atoms with E-state index in [1.807, 2.05) is 13.0 Å². The van der Waals surface area contributed by atoms with E-state index in [9.17, 15) is 0 Å². The number of aromatic nitrogens is 1. The van der Waals surface area contributed by atoms with Crippen molar-refractivity contribution in [1.29, 1.82) is 0 Å². The van der Waals surface area contributed by atoms with Gasteiger partial charge in [-0.3, -0.25) is 0 Å². The molecule has 0 aliphatic carbocycles. The second-order valence-corrected chi connectivity index (χ2v) is 3.53. The first-order valence-corrected chi connectivity index (χ1v) is 4.96. The fraction of sp³-hybridized carbons (Fsp3) is 0.400. The summed E-state index contributed by atoms with van der Waals surface area (Å²) in [6.07, 6.45) is 2.76. The molecular weight excluding hydrogens is 196 g/mol. The largest absolute Gasteiger partial charge is 0.475 e. The predicted molar refractivity (Wildman–Crippen MR) is 60.5 cm³/mol. The molecular formula is C10H14N2OS. The Balaban J connectivity index is 2.68. The lowest BCUT2D eigenvalue weighted by molar-refractivity contribution is 0.208. The van der Waals surface area contributed by atoms with Crippen molar-refractivity contribution in [2.75, 3.05) is 0 Å². The monoisotopic (exact) mass is 210 g/mol. The summed E-state index contributed by atoms with van der Waals surface area (Å²) in [4.78, 5) is 4.45. The van der Waals surface area contributed by atoms with Crippen LogP contribution in [0.1, 0.15) is 25.8 Å². The van der Waals surface area contributed by atoms with Crippen LogP contribution < -0.4 is 10.5 Å². The van der Waals surface area contributed by atoms with Gasteiger partial charge in [0.05, 0.1) is 6.10 Å². The van der Waals surface area contributed by atoms with Crippen LogP contribution in [-0.4, -0.2) is 16.1 Å². The molecule has 1 aromatic rings. The van der Waals surface area contributed by atoms with Crippen LogP contribution in [0, 0.1) is 0 Å². The smallest absolute Gasteiger partial charge is 0.213 e. The van der Waals surface area contributed by atoms with E-state index in [-0.39, 0.29) is 6.10 Å². The summed E-state index contributed by atoms with van der Waals surface area (Å²) in [6.45, 7) is 4.07. The van der Waals surface area contributed by atoms with Gasteiger partial charge < -0.3 is 10.5 Å². The molecule has 0 saturated carbocycles. The zero-order valence-corrected chi connectivity index (χ0v) is 9.17. The van der Waals surface area contributed by atoms with Gasteiger partial charge in [-0.25, -0.2) is 4.98 Å². The molecule has 0 aliphatic rings. The number of pyridine rings is 1. The first-order chi connectivity index (χ1) is 6.63. The SMILES string of the molecule is CCC(C)Oc1ccc(C(N)=S)cn1. The zero-order chi connectivity index (χ0) is 10.6. The minimum Gasteiger partial charge on any atom is -0.475 e. The maximum absolute atomic E-state index is 5.50. The minimum atomic E-state index is 0.179. The van der Waals surface area contributed by atoms with E-state index in [1.54, 1.807) is 12.3 Å². The lowest BCUT2D eigenvalue weighted by Crippen LogP contribution is -2.12. The second kappa shape index (κ2) is 4.91. The standard InChI is InChI=1S/C10H14N2OS/c1-3-7(2)13-9-5-4-8(6-12-9)10(11)14/h4-7H,3H2,1-2H3,(H2,11,14). The van der Waals surface area contributed by atoms with Crippen LogP contribution in [0.2, 0.25) is 0 Å². The number of hydrogen-bond acceptors (Lipinski definition) is 3. The Morgan fingerprint density at radius 3 is 2.79 bits per heavy atom. The average Bonchev–Trinajstić information content (AvgIpc) is 2.18. The van der Waals surface area contributed by atoms with Gasteiger partial charge in [0, 0.05) is 17.8 Å². The van der Waals surface area contributed by atoms with Crippen LogP contribution in [0.3, 0.4) is 0 Å². The van der Waals surface area contributed by atoms with Crippen molar-refractivity contribution in [2.24, 2.45) is 5.73 Å². The molecule has 0 aromatic carbocycles. The molecule has 3 nitrogen and oxygen atoms in total. The van der Waals surface area contributed by atoms with Gasteiger partial charge in [0.2, 0.25) is 5.88 Å². The van der Waals surface area contributed by atoms with Gasteiger partial charge in [0.15, 0.2) is 0 Å². The molecule has 0 fully saturated rings. The molecule has 2 N–H and O–H groups in total. The molecule has 4 heteroatoms. The van der Waals surface area contributed by atoms with Gasteiger partial charge in [-0.2, -0.15) is 0 Å². The summed E-state index contributed by atoms with van der Waals surface area (Å²) in [5.74, 6) is 0.611. The Morgan fingerprint density at radius 1 is 1.64 bits per heavy atom. The molecule has 1 rings (SSSR count). The van der Waals surface area contributed by atoms with Crippen LogP contribution in [0.15, 0.2) is 18.3 Å². The first-order valence-electron chi connectivity index (χ1n) is 4.56. The Kier molecular flexibility index (Phi) is 3.83. The Labute approximate surface area is 89.3 Å². The fourth-order valence-corrected chi connectivity index (χ4v) is 1.01. The highest BCUT2D eigenvalue weighted by atomic mass is 32.1. The molecule has 0 amide bonds. The highest BCUT2D eigenvalue weighted by molar-refractivity contribution is 7.80. The normalized spacial score (nSPS) is 12.1. The van der Waals surface area contributed by atoms with Gasteiger partial charge >= 0.3 is 0 Å². The molecule has 0 radical (unpaired) electrons. The van der Waals surface area contributed by atoms with Crippen molar-refractivity contribution >= 4 is 17.2 Å². The molecule has 0 aliphatic heterocycles. The van der Waals surface area contributed by atoms with Crippen molar-refractivity contribution < 1.29 is 4.74 Å². The van der Waals surface area contributed by atoms with E-state index in [4.69, 9.17) is 22.7 Å². The minimum absolute atomic E-state index is 0.179. The topological polar surface area (TPSA) is 48.1 Å². The maximum Gasteiger partial charge on any atom is 0.213 e. The fourth-order valence-electron chi connectivity index (χ4n) is 0.885. The summed E-state index contributed by atoms with van der Waals surface area (Å²) in [5.41, 5.74) is 6.20. The van der Waals surface area contributed by atoms with Gasteiger partial charge in [-0.15, -0.1) is 0 Å². The molecule has 0 saturated heterocycles. The third kappa shape index (κ3) is 2.96. The van der Waals surface area contributed by atoms with Gasteiger partial charge in [-0.05, 0) is 19.4 Å². The maximum atomic E-state index is 5.50. The van der Waals surface area contributed by atoms with Crippen LogP contribution in [0.4, 0.5) is 0 Å². The molecule has 1 aromatic heterocycles. The van der Waals surface area contributed by atoms with Crippen molar-refractivity contribution in [1.82, 2.24) is 4.98 Å². The number of nitrogens with zero attached hydrogens (tertiary/aromatic N) is 1. The Bertz CT molecular complexity index is 310. The summed E-state index contributed by atoms with van der Waals surface area (Å²) in [7, 11) is 0. The van der Waals surface area contributed by atoms with Crippen molar-refractivity contribution in [3.05, 3.63) is 23.9 Å².